The van der Waals surface area contributed by atoms with E-state index in [0.717, 1.165) is 12.8 Å². The van der Waals surface area contributed by atoms with Crippen LogP contribution in [0.2, 0.25) is 0 Å². The van der Waals surface area contributed by atoms with Gasteiger partial charge in [-0.3, -0.25) is 0 Å². The van der Waals surface area contributed by atoms with E-state index in [-0.39, 0.29) is 24.6 Å². The number of hydrogen-bond donors (Lipinski definition) is 2. The molecule has 3 heteroatoms. The number of hydrogen-bond acceptors (Lipinski definition) is 3. The van der Waals surface area contributed by atoms with Crippen LogP contribution in [0.1, 0.15) is 39.0 Å². The number of nitriles is 1. The van der Waals surface area contributed by atoms with E-state index in [4.69, 9.17) is 10.4 Å². The first-order valence-electron chi connectivity index (χ1n) is 5.54. The predicted octanol–water partition coefficient (Wildman–Crippen LogP) is 1.43. The van der Waals surface area contributed by atoms with Gasteiger partial charge in [0.25, 0.3) is 0 Å². The van der Waals surface area contributed by atoms with Crippen LogP contribution in [-0.2, 0) is 0 Å². The van der Waals surface area contributed by atoms with E-state index < -0.39 is 0 Å². The Balaban J connectivity index is 2.49. The highest BCUT2D eigenvalue weighted by atomic mass is 16.3. The van der Waals surface area contributed by atoms with Crippen molar-refractivity contribution in [1.29, 1.82) is 5.26 Å². The molecule has 0 saturated heterocycles. The molecule has 0 aliphatic heterocycles. The summed E-state index contributed by atoms with van der Waals surface area (Å²) in [5, 5.41) is 21.3. The van der Waals surface area contributed by atoms with E-state index in [0.29, 0.717) is 0 Å². The van der Waals surface area contributed by atoms with Crippen molar-refractivity contribution in [1.82, 2.24) is 5.32 Å². The third kappa shape index (κ3) is 3.28. The Morgan fingerprint density at radius 2 is 2.14 bits per heavy atom. The molecule has 1 fully saturated rings. The van der Waals surface area contributed by atoms with Crippen LogP contribution in [0.3, 0.4) is 0 Å². The minimum Gasteiger partial charge on any atom is -0.395 e. The quantitative estimate of drug-likeness (QED) is 0.671. The first-order chi connectivity index (χ1) is 6.77. The fourth-order valence-electron chi connectivity index (χ4n) is 2.08. The maximum absolute atomic E-state index is 9.02. The van der Waals surface area contributed by atoms with Gasteiger partial charge in [-0.05, 0) is 19.8 Å². The Morgan fingerprint density at radius 1 is 1.43 bits per heavy atom. The lowest BCUT2D eigenvalue weighted by Gasteiger charge is -2.24. The lowest BCUT2D eigenvalue weighted by atomic mass is 9.96. The topological polar surface area (TPSA) is 56.0 Å². The summed E-state index contributed by atoms with van der Waals surface area (Å²) in [7, 11) is 0. The lowest BCUT2D eigenvalue weighted by molar-refractivity contribution is 0.228. The van der Waals surface area contributed by atoms with E-state index >= 15 is 0 Å². The van der Waals surface area contributed by atoms with Crippen molar-refractivity contribution >= 4 is 0 Å². The van der Waals surface area contributed by atoms with Crippen molar-refractivity contribution in [2.75, 3.05) is 6.61 Å². The van der Waals surface area contributed by atoms with Gasteiger partial charge in [0.2, 0.25) is 0 Å². The first kappa shape index (κ1) is 11.5. The van der Waals surface area contributed by atoms with Gasteiger partial charge in [0.1, 0.15) is 0 Å². The van der Waals surface area contributed by atoms with E-state index in [9.17, 15) is 0 Å². The van der Waals surface area contributed by atoms with Crippen molar-refractivity contribution in [3.8, 4) is 6.07 Å². The molecule has 0 radical (unpaired) electrons. The largest absolute Gasteiger partial charge is 0.395 e. The molecule has 1 aliphatic carbocycles. The van der Waals surface area contributed by atoms with Gasteiger partial charge >= 0.3 is 0 Å². The lowest BCUT2D eigenvalue weighted by Crippen LogP contribution is -2.42. The second-order valence-corrected chi connectivity index (χ2v) is 4.23. The fraction of sp³-hybridized carbons (Fsp3) is 0.909. The van der Waals surface area contributed by atoms with E-state index in [1.807, 2.05) is 6.92 Å². The van der Waals surface area contributed by atoms with Crippen molar-refractivity contribution < 1.29 is 5.11 Å². The minimum absolute atomic E-state index is 0.106. The average Bonchev–Trinajstić information content (AvgIpc) is 2.42. The Morgan fingerprint density at radius 3 is 2.79 bits per heavy atom. The molecule has 1 rings (SSSR count). The zero-order valence-electron chi connectivity index (χ0n) is 8.87. The number of aliphatic hydroxyl groups is 1. The van der Waals surface area contributed by atoms with E-state index in [1.165, 1.54) is 19.3 Å². The summed E-state index contributed by atoms with van der Waals surface area (Å²) in [4.78, 5) is 0. The summed E-state index contributed by atoms with van der Waals surface area (Å²) in [6, 6.07) is 2.77. The summed E-state index contributed by atoms with van der Waals surface area (Å²) >= 11 is 0. The third-order valence-corrected chi connectivity index (χ3v) is 2.95. The molecule has 2 N–H and O–H groups in total. The molecule has 0 aromatic heterocycles. The number of aliphatic hydroxyl groups excluding tert-OH is 1. The molecule has 0 aromatic rings. The van der Waals surface area contributed by atoms with Crippen molar-refractivity contribution in [3.63, 3.8) is 0 Å². The Bertz CT molecular complexity index is 200. The normalized spacial score (nSPS) is 30.4. The van der Waals surface area contributed by atoms with Crippen LogP contribution in [0.25, 0.3) is 0 Å². The number of nitrogens with zero attached hydrogens (tertiary/aromatic N) is 1. The van der Waals surface area contributed by atoms with Gasteiger partial charge in [0, 0.05) is 12.1 Å². The first-order valence-corrected chi connectivity index (χ1v) is 5.54. The van der Waals surface area contributed by atoms with Gasteiger partial charge in [-0.1, -0.05) is 19.3 Å². The molecule has 3 atom stereocenters. The molecule has 1 saturated carbocycles. The van der Waals surface area contributed by atoms with Crippen molar-refractivity contribution in [3.05, 3.63) is 0 Å². The zero-order valence-corrected chi connectivity index (χ0v) is 8.87. The highest BCUT2D eigenvalue weighted by Gasteiger charge is 2.24. The molecule has 3 unspecified atom stereocenters. The van der Waals surface area contributed by atoms with E-state index in [1.54, 1.807) is 0 Å². The van der Waals surface area contributed by atoms with Gasteiger partial charge < -0.3 is 10.4 Å². The highest BCUT2D eigenvalue weighted by molar-refractivity contribution is 4.94. The molecule has 0 bridgehead atoms. The van der Waals surface area contributed by atoms with Gasteiger partial charge in [0.15, 0.2) is 0 Å². The molecule has 80 valence electrons. The second-order valence-electron chi connectivity index (χ2n) is 4.23. The molecule has 0 spiro atoms. The smallest absolute Gasteiger partial charge is 0.0672 e. The molecule has 14 heavy (non-hydrogen) atoms. The third-order valence-electron chi connectivity index (χ3n) is 2.95. The van der Waals surface area contributed by atoms with Gasteiger partial charge in [0.05, 0.1) is 18.6 Å². The SMILES string of the molecule is CC(CO)NC1CCCCCC1C#N. The Hall–Kier alpha value is -0.590. The Kier molecular flexibility index (Phi) is 4.92. The van der Waals surface area contributed by atoms with Crippen LogP contribution in [0.15, 0.2) is 0 Å². The standard InChI is InChI=1S/C11H20N2O/c1-9(8-14)13-11-6-4-2-3-5-10(11)7-12/h9-11,13-14H,2-6,8H2,1H3. The molecule has 0 aromatic carbocycles. The summed E-state index contributed by atoms with van der Waals surface area (Å²) in [6.07, 6.45) is 5.69. The number of rotatable bonds is 3. The molecule has 0 heterocycles. The molecule has 0 amide bonds. The Labute approximate surface area is 86.1 Å². The second kappa shape index (κ2) is 6.00. The summed E-state index contributed by atoms with van der Waals surface area (Å²) < 4.78 is 0. The predicted molar refractivity (Wildman–Crippen MR) is 55.7 cm³/mol. The van der Waals surface area contributed by atoms with Crippen LogP contribution in [0.4, 0.5) is 0 Å². The van der Waals surface area contributed by atoms with Crippen LogP contribution < -0.4 is 5.32 Å². The van der Waals surface area contributed by atoms with Crippen LogP contribution in [0.5, 0.6) is 0 Å². The molecule has 1 aliphatic rings. The van der Waals surface area contributed by atoms with Gasteiger partial charge in [-0.25, -0.2) is 0 Å². The molecular formula is C11H20N2O. The van der Waals surface area contributed by atoms with Crippen molar-refractivity contribution in [2.45, 2.75) is 51.1 Å². The summed E-state index contributed by atoms with van der Waals surface area (Å²) in [6.45, 7) is 2.11. The van der Waals surface area contributed by atoms with Crippen LogP contribution >= 0.6 is 0 Å². The summed E-state index contributed by atoms with van der Waals surface area (Å²) in [5.41, 5.74) is 0. The van der Waals surface area contributed by atoms with Crippen LogP contribution in [-0.4, -0.2) is 23.8 Å². The minimum atomic E-state index is 0.106. The monoisotopic (exact) mass is 196 g/mol. The summed E-state index contributed by atoms with van der Waals surface area (Å²) in [5.74, 6) is 0.131. The van der Waals surface area contributed by atoms with Crippen LogP contribution in [0, 0.1) is 17.2 Å². The maximum atomic E-state index is 9.02. The zero-order chi connectivity index (χ0) is 10.4. The fourth-order valence-corrected chi connectivity index (χ4v) is 2.08. The average molecular weight is 196 g/mol. The number of nitrogens with one attached hydrogen (secondary N) is 1. The highest BCUT2D eigenvalue weighted by Crippen LogP contribution is 2.23. The molecule has 3 nitrogen and oxygen atoms in total. The molecular weight excluding hydrogens is 176 g/mol. The van der Waals surface area contributed by atoms with Gasteiger partial charge in [-0.2, -0.15) is 5.26 Å². The van der Waals surface area contributed by atoms with E-state index in [2.05, 4.69) is 11.4 Å². The maximum Gasteiger partial charge on any atom is 0.0672 e. The van der Waals surface area contributed by atoms with Gasteiger partial charge in [-0.15, -0.1) is 0 Å². The van der Waals surface area contributed by atoms with Crippen molar-refractivity contribution in [2.24, 2.45) is 5.92 Å².